The number of hydrogen-bond acceptors (Lipinski definition) is 5. The topological polar surface area (TPSA) is 63.1 Å². The third-order valence-corrected chi connectivity index (χ3v) is 6.00. The van der Waals surface area contributed by atoms with Gasteiger partial charge in [-0.25, -0.2) is 15.0 Å². The smallest absolute Gasteiger partial charge is 0.354 e. The minimum absolute atomic E-state index is 0.348. The molecule has 0 amide bonds. The third kappa shape index (κ3) is 5.65. The molecule has 1 saturated carbocycles. The van der Waals surface area contributed by atoms with Crippen molar-refractivity contribution >= 4 is 34.4 Å². The lowest BCUT2D eigenvalue weighted by molar-refractivity contribution is -0.137. The molecule has 4 aromatic rings. The lowest BCUT2D eigenvalue weighted by Crippen LogP contribution is -2.05. The summed E-state index contributed by atoms with van der Waals surface area (Å²) in [7, 11) is 0. The van der Waals surface area contributed by atoms with E-state index in [9.17, 15) is 13.2 Å². The molecule has 1 fully saturated rings. The summed E-state index contributed by atoms with van der Waals surface area (Å²) in [5.41, 5.74) is 4.15. The highest BCUT2D eigenvalue weighted by atomic mass is 19.4. The van der Waals surface area contributed by atoms with Crippen LogP contribution in [0.3, 0.4) is 0 Å². The van der Waals surface area contributed by atoms with Gasteiger partial charge >= 0.3 is 6.18 Å². The van der Waals surface area contributed by atoms with Crippen LogP contribution in [0.4, 0.5) is 30.5 Å². The number of para-hydroxylation sites is 1. The summed E-state index contributed by atoms with van der Waals surface area (Å²) in [6.45, 7) is 1.97. The number of nitrogens with zero attached hydrogens (tertiary/aromatic N) is 4. The monoisotopic (exact) mass is 475 g/mol. The van der Waals surface area contributed by atoms with Gasteiger partial charge in [0.1, 0.15) is 0 Å². The van der Waals surface area contributed by atoms with E-state index < -0.39 is 11.7 Å². The van der Waals surface area contributed by atoms with Crippen molar-refractivity contribution in [3.05, 3.63) is 83.3 Å². The summed E-state index contributed by atoms with van der Waals surface area (Å²) in [5.74, 6) is 1.20. The maximum atomic E-state index is 12.9. The molecule has 5 rings (SSSR count). The molecule has 0 unspecified atom stereocenters. The minimum Gasteiger partial charge on any atom is -0.354 e. The number of aromatic nitrogens is 3. The van der Waals surface area contributed by atoms with Crippen molar-refractivity contribution in [1.29, 1.82) is 0 Å². The van der Waals surface area contributed by atoms with Crippen LogP contribution in [0.15, 0.2) is 65.8 Å². The highest BCUT2D eigenvalue weighted by Crippen LogP contribution is 2.35. The zero-order valence-corrected chi connectivity index (χ0v) is 19.2. The molecule has 8 heteroatoms. The molecule has 35 heavy (non-hydrogen) atoms. The van der Waals surface area contributed by atoms with Crippen LogP contribution in [0.2, 0.25) is 0 Å². The second-order valence-electron chi connectivity index (χ2n) is 8.83. The number of aryl methyl sites for hydroxylation is 1. The molecule has 1 aliphatic carbocycles. The number of nitrogens with one attached hydrogen (secondary N) is 1. The van der Waals surface area contributed by atoms with Crippen LogP contribution >= 0.6 is 0 Å². The lowest BCUT2D eigenvalue weighted by atomic mass is 10.0. The van der Waals surface area contributed by atoms with Crippen molar-refractivity contribution in [1.82, 2.24) is 15.0 Å². The highest BCUT2D eigenvalue weighted by molar-refractivity contribution is 5.85. The molecule has 0 atom stereocenters. The van der Waals surface area contributed by atoms with E-state index in [1.165, 1.54) is 24.5 Å². The Morgan fingerprint density at radius 1 is 1.03 bits per heavy atom. The van der Waals surface area contributed by atoms with Gasteiger partial charge in [0.15, 0.2) is 0 Å². The van der Waals surface area contributed by atoms with Crippen molar-refractivity contribution in [2.24, 2.45) is 10.9 Å². The normalized spacial score (nSPS) is 14.1. The Hall–Kier alpha value is -3.81. The van der Waals surface area contributed by atoms with Gasteiger partial charge in [-0.05, 0) is 68.0 Å². The first-order valence-corrected chi connectivity index (χ1v) is 11.5. The number of aliphatic imine (C=N–C) groups is 1. The number of alkyl halides is 3. The van der Waals surface area contributed by atoms with E-state index in [4.69, 9.17) is 4.98 Å². The van der Waals surface area contributed by atoms with Crippen LogP contribution in [0.5, 0.6) is 0 Å². The van der Waals surface area contributed by atoms with Gasteiger partial charge < -0.3 is 5.32 Å². The molecule has 0 saturated heterocycles. The summed E-state index contributed by atoms with van der Waals surface area (Å²) in [6, 6.07) is 14.9. The molecule has 1 aliphatic rings. The van der Waals surface area contributed by atoms with Gasteiger partial charge in [0.05, 0.1) is 28.7 Å². The van der Waals surface area contributed by atoms with Crippen molar-refractivity contribution in [2.75, 3.05) is 5.32 Å². The number of hydrogen-bond donors (Lipinski definition) is 1. The van der Waals surface area contributed by atoms with Gasteiger partial charge in [0.2, 0.25) is 5.95 Å². The number of rotatable bonds is 7. The van der Waals surface area contributed by atoms with E-state index in [0.717, 1.165) is 46.8 Å². The first-order chi connectivity index (χ1) is 16.8. The van der Waals surface area contributed by atoms with Gasteiger partial charge in [-0.15, -0.1) is 0 Å². The molecule has 2 heterocycles. The van der Waals surface area contributed by atoms with E-state index in [-0.39, 0.29) is 0 Å². The Kier molecular flexibility index (Phi) is 6.19. The maximum Gasteiger partial charge on any atom is 0.416 e. The molecule has 2 aromatic heterocycles. The van der Waals surface area contributed by atoms with Gasteiger partial charge in [-0.3, -0.25) is 4.98 Å². The molecule has 0 bridgehead atoms. The average Bonchev–Trinajstić information content (AvgIpc) is 3.65. The van der Waals surface area contributed by atoms with E-state index in [2.05, 4.69) is 32.4 Å². The van der Waals surface area contributed by atoms with Crippen molar-refractivity contribution in [3.8, 4) is 0 Å². The third-order valence-electron chi connectivity index (χ3n) is 6.00. The fourth-order valence-electron chi connectivity index (χ4n) is 3.99. The summed E-state index contributed by atoms with van der Waals surface area (Å²) < 4.78 is 38.7. The van der Waals surface area contributed by atoms with Crippen molar-refractivity contribution in [2.45, 2.75) is 38.8 Å². The summed E-state index contributed by atoms with van der Waals surface area (Å²) >= 11 is 0. The van der Waals surface area contributed by atoms with Crippen LogP contribution in [0.1, 0.15) is 35.4 Å². The maximum absolute atomic E-state index is 12.9. The lowest BCUT2D eigenvalue weighted by Gasteiger charge is -2.10. The second-order valence-corrected chi connectivity index (χ2v) is 8.83. The quantitative estimate of drug-likeness (QED) is 0.293. The Balaban J connectivity index is 1.26. The zero-order chi connectivity index (χ0) is 24.4. The van der Waals surface area contributed by atoms with Crippen molar-refractivity contribution in [3.63, 3.8) is 0 Å². The summed E-state index contributed by atoms with van der Waals surface area (Å²) in [4.78, 5) is 18.1. The van der Waals surface area contributed by atoms with E-state index in [1.807, 2.05) is 19.1 Å². The van der Waals surface area contributed by atoms with Crippen LogP contribution in [0.25, 0.3) is 10.9 Å². The number of fused-ring (bicyclic) bond motifs is 1. The van der Waals surface area contributed by atoms with E-state index >= 15 is 0 Å². The largest absolute Gasteiger partial charge is 0.416 e. The Morgan fingerprint density at radius 2 is 1.86 bits per heavy atom. The van der Waals surface area contributed by atoms with Gasteiger partial charge in [-0.2, -0.15) is 13.2 Å². The standard InChI is InChI=1S/C27H24F3N5/c1-17-24-7-2-4-19(14-18-8-9-18)25(24)35-26(33-17)31-13-12-21-10-11-23(16-32-21)34-22-6-3-5-20(15-22)27(28,29)30/h2-7,10-11,13,15-16,18,34H,8-9,12,14H2,1H3. The highest BCUT2D eigenvalue weighted by Gasteiger charge is 2.30. The number of halogens is 3. The molecule has 0 spiro atoms. The minimum atomic E-state index is -4.38. The Morgan fingerprint density at radius 3 is 2.60 bits per heavy atom. The molecule has 0 radical (unpaired) electrons. The zero-order valence-electron chi connectivity index (χ0n) is 19.2. The van der Waals surface area contributed by atoms with E-state index in [1.54, 1.807) is 24.5 Å². The molecular formula is C27H24F3N5. The molecule has 0 aliphatic heterocycles. The van der Waals surface area contributed by atoms with Crippen molar-refractivity contribution < 1.29 is 13.2 Å². The van der Waals surface area contributed by atoms with Gasteiger partial charge in [0, 0.05) is 29.4 Å². The first-order valence-electron chi connectivity index (χ1n) is 11.5. The predicted molar refractivity (Wildman–Crippen MR) is 132 cm³/mol. The van der Waals surface area contributed by atoms with Crippen LogP contribution < -0.4 is 5.32 Å². The SMILES string of the molecule is Cc1nc(N=CCc2ccc(Nc3cccc(C(F)(F)F)c3)cn2)nc2c(CC3CC3)cccc12. The molecule has 5 nitrogen and oxygen atoms in total. The first kappa shape index (κ1) is 23.0. The number of anilines is 2. The number of pyridine rings is 1. The predicted octanol–water partition coefficient (Wildman–Crippen LogP) is 6.99. The fraction of sp³-hybridized carbons (Fsp3) is 0.259. The van der Waals surface area contributed by atoms with Crippen LogP contribution in [-0.2, 0) is 19.0 Å². The van der Waals surface area contributed by atoms with Crippen LogP contribution in [-0.4, -0.2) is 21.2 Å². The Bertz CT molecular complexity index is 1380. The molecule has 1 N–H and O–H groups in total. The number of benzene rings is 2. The summed E-state index contributed by atoms with van der Waals surface area (Å²) in [5, 5.41) is 4.02. The second kappa shape index (κ2) is 9.44. The average molecular weight is 476 g/mol. The van der Waals surface area contributed by atoms with E-state index in [0.29, 0.717) is 23.7 Å². The molecule has 2 aromatic carbocycles. The fourth-order valence-corrected chi connectivity index (χ4v) is 3.99. The molecule has 178 valence electrons. The Labute approximate surface area is 201 Å². The van der Waals surface area contributed by atoms with Crippen LogP contribution in [0, 0.1) is 12.8 Å². The van der Waals surface area contributed by atoms with Gasteiger partial charge in [0.25, 0.3) is 0 Å². The summed E-state index contributed by atoms with van der Waals surface area (Å²) in [6.07, 6.45) is 3.02. The van der Waals surface area contributed by atoms with Gasteiger partial charge in [-0.1, -0.05) is 24.3 Å². The molecular weight excluding hydrogens is 451 g/mol.